The summed E-state index contributed by atoms with van der Waals surface area (Å²) in [7, 11) is 0. The van der Waals surface area contributed by atoms with Gasteiger partial charge in [0.1, 0.15) is 0 Å². The number of aliphatic hydroxyl groups excluding tert-OH is 1. The molecule has 90 valence electrons. The Kier molecular flexibility index (Phi) is 2.97. The van der Waals surface area contributed by atoms with Gasteiger partial charge in [-0.15, -0.1) is 0 Å². The molecule has 2 N–H and O–H groups in total. The van der Waals surface area contributed by atoms with Crippen molar-refractivity contribution in [3.63, 3.8) is 0 Å². The Hall–Kier alpha value is -0.120. The molecule has 2 atom stereocenters. The fourth-order valence-electron chi connectivity index (χ4n) is 2.59. The van der Waals surface area contributed by atoms with Crippen molar-refractivity contribution < 1.29 is 14.9 Å². The second-order valence-corrected chi connectivity index (χ2v) is 6.37. The van der Waals surface area contributed by atoms with Crippen LogP contribution >= 0.6 is 0 Å². The largest absolute Gasteiger partial charge is 0.390 e. The topological polar surface area (TPSA) is 49.7 Å². The number of hydrogen-bond acceptors (Lipinski definition) is 3. The lowest BCUT2D eigenvalue weighted by Gasteiger charge is -2.35. The van der Waals surface area contributed by atoms with Crippen molar-refractivity contribution in [3.05, 3.63) is 0 Å². The first-order chi connectivity index (χ1) is 6.46. The summed E-state index contributed by atoms with van der Waals surface area (Å²) in [4.78, 5) is 0. The Labute approximate surface area is 92.4 Å². The van der Waals surface area contributed by atoms with E-state index in [9.17, 15) is 10.2 Å². The molecule has 15 heavy (non-hydrogen) atoms. The number of ether oxygens (including phenoxy) is 1. The van der Waals surface area contributed by atoms with E-state index in [0.29, 0.717) is 0 Å². The highest BCUT2D eigenvalue weighted by Gasteiger charge is 2.51. The third-order valence-corrected chi connectivity index (χ3v) is 3.25. The number of hydrogen-bond donors (Lipinski definition) is 2. The lowest BCUT2D eigenvalue weighted by atomic mass is 9.77. The van der Waals surface area contributed by atoms with Crippen molar-refractivity contribution in [2.24, 2.45) is 5.92 Å². The summed E-state index contributed by atoms with van der Waals surface area (Å²) in [5.74, 6) is -0.0347. The van der Waals surface area contributed by atoms with Gasteiger partial charge in [-0.25, -0.2) is 0 Å². The highest BCUT2D eigenvalue weighted by molar-refractivity contribution is 5.00. The van der Waals surface area contributed by atoms with E-state index in [1.807, 2.05) is 27.7 Å². The molecule has 0 radical (unpaired) electrons. The standard InChI is InChI=1S/C12H24O3/c1-10(2)7-8(12(5,6)15-10)9(13)11(3,4)14/h8-9,13-14H,7H2,1-6H3. The maximum absolute atomic E-state index is 10.1. The molecular weight excluding hydrogens is 192 g/mol. The molecule has 1 heterocycles. The summed E-state index contributed by atoms with van der Waals surface area (Å²) >= 11 is 0. The van der Waals surface area contributed by atoms with Gasteiger partial charge in [0.2, 0.25) is 0 Å². The van der Waals surface area contributed by atoms with E-state index in [4.69, 9.17) is 4.74 Å². The van der Waals surface area contributed by atoms with Crippen LogP contribution in [0, 0.1) is 5.92 Å². The van der Waals surface area contributed by atoms with E-state index in [0.717, 1.165) is 6.42 Å². The molecule has 0 amide bonds. The molecule has 0 spiro atoms. The molecular formula is C12H24O3. The second kappa shape index (κ2) is 3.44. The summed E-state index contributed by atoms with van der Waals surface area (Å²) < 4.78 is 5.89. The lowest BCUT2D eigenvalue weighted by Crippen LogP contribution is -2.47. The van der Waals surface area contributed by atoms with Crippen LogP contribution < -0.4 is 0 Å². The van der Waals surface area contributed by atoms with Gasteiger partial charge in [-0.05, 0) is 48.0 Å². The van der Waals surface area contributed by atoms with Crippen LogP contribution in [0.2, 0.25) is 0 Å². The van der Waals surface area contributed by atoms with E-state index >= 15 is 0 Å². The monoisotopic (exact) mass is 216 g/mol. The zero-order valence-electron chi connectivity index (χ0n) is 10.7. The molecule has 3 nitrogen and oxygen atoms in total. The predicted octanol–water partition coefficient (Wildman–Crippen LogP) is 1.71. The third-order valence-electron chi connectivity index (χ3n) is 3.25. The predicted molar refractivity (Wildman–Crippen MR) is 59.7 cm³/mol. The molecule has 1 aliphatic rings. The average molecular weight is 216 g/mol. The van der Waals surface area contributed by atoms with E-state index in [1.54, 1.807) is 13.8 Å². The van der Waals surface area contributed by atoms with Crippen LogP contribution in [0.25, 0.3) is 0 Å². The minimum absolute atomic E-state index is 0.0347. The Bertz CT molecular complexity index is 238. The van der Waals surface area contributed by atoms with Crippen LogP contribution in [-0.4, -0.2) is 33.1 Å². The van der Waals surface area contributed by atoms with Crippen molar-refractivity contribution in [1.29, 1.82) is 0 Å². The van der Waals surface area contributed by atoms with Crippen molar-refractivity contribution >= 4 is 0 Å². The van der Waals surface area contributed by atoms with Gasteiger partial charge in [0.25, 0.3) is 0 Å². The zero-order valence-corrected chi connectivity index (χ0v) is 10.7. The molecule has 1 fully saturated rings. The molecule has 1 saturated heterocycles. The van der Waals surface area contributed by atoms with Crippen LogP contribution in [0.5, 0.6) is 0 Å². The molecule has 2 unspecified atom stereocenters. The van der Waals surface area contributed by atoms with Crippen LogP contribution in [0.1, 0.15) is 48.0 Å². The van der Waals surface area contributed by atoms with Crippen LogP contribution in [0.3, 0.4) is 0 Å². The van der Waals surface area contributed by atoms with E-state index in [-0.39, 0.29) is 17.1 Å². The molecule has 3 heteroatoms. The van der Waals surface area contributed by atoms with Crippen LogP contribution in [0.4, 0.5) is 0 Å². The Morgan fingerprint density at radius 3 is 2.00 bits per heavy atom. The Morgan fingerprint density at radius 1 is 1.27 bits per heavy atom. The van der Waals surface area contributed by atoms with E-state index in [1.165, 1.54) is 0 Å². The molecule has 0 saturated carbocycles. The van der Waals surface area contributed by atoms with Gasteiger partial charge >= 0.3 is 0 Å². The molecule has 1 aliphatic heterocycles. The molecule has 1 rings (SSSR count). The van der Waals surface area contributed by atoms with Crippen molar-refractivity contribution in [1.82, 2.24) is 0 Å². The fourth-order valence-corrected chi connectivity index (χ4v) is 2.59. The third kappa shape index (κ3) is 2.71. The van der Waals surface area contributed by atoms with E-state index < -0.39 is 11.7 Å². The van der Waals surface area contributed by atoms with E-state index in [2.05, 4.69) is 0 Å². The number of aliphatic hydroxyl groups is 2. The summed E-state index contributed by atoms with van der Waals surface area (Å²) in [6, 6.07) is 0. The Morgan fingerprint density at radius 2 is 1.73 bits per heavy atom. The fraction of sp³-hybridized carbons (Fsp3) is 1.00. The van der Waals surface area contributed by atoms with Gasteiger partial charge in [0.05, 0.1) is 22.9 Å². The smallest absolute Gasteiger partial charge is 0.0878 e. The summed E-state index contributed by atoms with van der Waals surface area (Å²) in [5.41, 5.74) is -1.69. The van der Waals surface area contributed by atoms with Crippen LogP contribution in [0.15, 0.2) is 0 Å². The highest BCUT2D eigenvalue weighted by Crippen LogP contribution is 2.45. The van der Waals surface area contributed by atoms with Crippen LogP contribution in [-0.2, 0) is 4.74 Å². The first-order valence-corrected chi connectivity index (χ1v) is 5.56. The van der Waals surface area contributed by atoms with Gasteiger partial charge in [0.15, 0.2) is 0 Å². The molecule has 0 bridgehead atoms. The minimum Gasteiger partial charge on any atom is -0.390 e. The zero-order chi connectivity index (χ0) is 12.1. The van der Waals surface area contributed by atoms with Crippen molar-refractivity contribution in [3.8, 4) is 0 Å². The second-order valence-electron chi connectivity index (χ2n) is 6.37. The van der Waals surface area contributed by atoms with Crippen molar-refractivity contribution in [2.75, 3.05) is 0 Å². The minimum atomic E-state index is -1.08. The summed E-state index contributed by atoms with van der Waals surface area (Å²) in [6.07, 6.45) is 0.0137. The average Bonchev–Trinajstić information content (AvgIpc) is 2.15. The maximum atomic E-state index is 10.1. The first-order valence-electron chi connectivity index (χ1n) is 5.56. The SMILES string of the molecule is CC1(C)CC(C(O)C(C)(C)O)C(C)(C)O1. The van der Waals surface area contributed by atoms with Gasteiger partial charge in [-0.2, -0.15) is 0 Å². The number of rotatable bonds is 2. The molecule has 0 aromatic heterocycles. The van der Waals surface area contributed by atoms with Gasteiger partial charge in [-0.3, -0.25) is 0 Å². The molecule has 0 aromatic carbocycles. The first kappa shape index (κ1) is 12.9. The van der Waals surface area contributed by atoms with Gasteiger partial charge in [0, 0.05) is 5.92 Å². The van der Waals surface area contributed by atoms with Gasteiger partial charge in [-0.1, -0.05) is 0 Å². The summed E-state index contributed by atoms with van der Waals surface area (Å²) in [6.45, 7) is 11.3. The molecule has 0 aromatic rings. The normalized spacial score (nSPS) is 31.6. The quantitative estimate of drug-likeness (QED) is 0.739. The summed E-state index contributed by atoms with van der Waals surface area (Å²) in [5, 5.41) is 20.0. The van der Waals surface area contributed by atoms with Crippen molar-refractivity contribution in [2.45, 2.75) is 70.9 Å². The highest BCUT2D eigenvalue weighted by atomic mass is 16.5. The lowest BCUT2D eigenvalue weighted by molar-refractivity contribution is -0.125. The Balaban J connectivity index is 2.88. The van der Waals surface area contributed by atoms with Gasteiger partial charge < -0.3 is 14.9 Å². The maximum Gasteiger partial charge on any atom is 0.0878 e. The molecule has 0 aliphatic carbocycles.